The van der Waals surface area contributed by atoms with E-state index in [0.29, 0.717) is 37.4 Å². The molecule has 0 radical (unpaired) electrons. The van der Waals surface area contributed by atoms with Crippen LogP contribution in [0.25, 0.3) is 0 Å². The molecule has 1 aromatic heterocycles. The number of likely N-dealkylation sites (N-methyl/N-ethyl adjacent to an activating group) is 2. The number of aromatic hydroxyl groups is 1. The highest BCUT2D eigenvalue weighted by Gasteiger charge is 2.43. The zero-order valence-corrected chi connectivity index (χ0v) is 42.6. The molecule has 15 nitrogen and oxygen atoms in total. The van der Waals surface area contributed by atoms with Crippen LogP contribution in [0.3, 0.4) is 0 Å². The van der Waals surface area contributed by atoms with E-state index < -0.39 is 48.3 Å². The van der Waals surface area contributed by atoms with Gasteiger partial charge in [0.05, 0.1) is 48.7 Å². The van der Waals surface area contributed by atoms with Gasteiger partial charge in [0.1, 0.15) is 22.5 Å². The number of amides is 5. The monoisotopic (exact) mass is 948 g/mol. The molecule has 67 heavy (non-hydrogen) atoms. The average molecular weight is 948 g/mol. The number of methoxy groups -OCH3 is 2. The van der Waals surface area contributed by atoms with E-state index in [2.05, 4.69) is 16.0 Å². The maximum absolute atomic E-state index is 14.5. The van der Waals surface area contributed by atoms with Gasteiger partial charge in [-0.05, 0) is 80.8 Å². The van der Waals surface area contributed by atoms with Gasteiger partial charge in [-0.15, -0.1) is 11.3 Å². The van der Waals surface area contributed by atoms with Gasteiger partial charge in [0.2, 0.25) is 23.6 Å². The van der Waals surface area contributed by atoms with Gasteiger partial charge < -0.3 is 40.3 Å². The first-order valence-electron chi connectivity index (χ1n) is 23.8. The summed E-state index contributed by atoms with van der Waals surface area (Å²) in [5, 5.41) is 21.0. The fourth-order valence-electron chi connectivity index (χ4n) is 9.39. The summed E-state index contributed by atoms with van der Waals surface area (Å²) in [5.41, 5.74) is 2.21. The molecule has 2 aromatic carbocycles. The van der Waals surface area contributed by atoms with Crippen LogP contribution in [-0.4, -0.2) is 139 Å². The first-order valence-corrected chi connectivity index (χ1v) is 24.6. The Morgan fingerprint density at radius 2 is 1.55 bits per heavy atom. The molecule has 370 valence electrons. The van der Waals surface area contributed by atoms with E-state index in [1.807, 2.05) is 110 Å². The van der Waals surface area contributed by atoms with Gasteiger partial charge >= 0.3 is 0 Å². The number of carbonyl (C=O) groups is 5. The molecule has 16 heteroatoms. The Balaban J connectivity index is 1.49. The lowest BCUT2D eigenvalue weighted by Gasteiger charge is -2.41. The predicted molar refractivity (Wildman–Crippen MR) is 262 cm³/mol. The Kier molecular flexibility index (Phi) is 21.2. The highest BCUT2D eigenvalue weighted by Crippen LogP contribution is 2.31. The second kappa shape index (κ2) is 26.0. The van der Waals surface area contributed by atoms with E-state index in [1.54, 1.807) is 48.6 Å². The van der Waals surface area contributed by atoms with E-state index in [0.717, 1.165) is 24.0 Å². The summed E-state index contributed by atoms with van der Waals surface area (Å²) < 4.78 is 12.2. The summed E-state index contributed by atoms with van der Waals surface area (Å²) >= 11 is 1.30. The highest BCUT2D eigenvalue weighted by atomic mass is 32.1. The van der Waals surface area contributed by atoms with Crippen LogP contribution in [0.15, 0.2) is 60.0 Å². The molecule has 4 rings (SSSR count). The van der Waals surface area contributed by atoms with Gasteiger partial charge in [-0.1, -0.05) is 97.4 Å². The summed E-state index contributed by atoms with van der Waals surface area (Å²) in [4.78, 5) is 79.9. The molecule has 4 N–H and O–H groups in total. The molecule has 5 amide bonds. The topological polar surface area (TPSA) is 183 Å². The summed E-state index contributed by atoms with van der Waals surface area (Å²) in [5.74, 6) is -1.91. The van der Waals surface area contributed by atoms with Crippen LogP contribution in [0.1, 0.15) is 107 Å². The number of nitrogens with one attached hydrogen (secondary N) is 3. The molecule has 0 aliphatic carbocycles. The second-order valence-corrected chi connectivity index (χ2v) is 19.9. The quantitative estimate of drug-likeness (QED) is 0.0803. The van der Waals surface area contributed by atoms with Crippen molar-refractivity contribution in [3.63, 3.8) is 0 Å². The van der Waals surface area contributed by atoms with Crippen LogP contribution < -0.4 is 16.0 Å². The number of aromatic nitrogens is 1. The average Bonchev–Trinajstić information content (AvgIpc) is 4.00. The van der Waals surface area contributed by atoms with Crippen molar-refractivity contribution in [2.45, 2.75) is 129 Å². The first-order chi connectivity index (χ1) is 31.8. The van der Waals surface area contributed by atoms with Gasteiger partial charge in [0.25, 0.3) is 5.91 Å². The molecular formula is C51H77N7O8S. The molecule has 1 aliphatic rings. The number of hydrogen-bond acceptors (Lipinski definition) is 11. The van der Waals surface area contributed by atoms with E-state index in [4.69, 9.17) is 14.5 Å². The fourth-order valence-corrected chi connectivity index (χ4v) is 10.2. The van der Waals surface area contributed by atoms with E-state index in [9.17, 15) is 29.1 Å². The number of phenols is 1. The normalized spacial score (nSPS) is 17.6. The van der Waals surface area contributed by atoms with Crippen LogP contribution in [0.4, 0.5) is 0 Å². The lowest BCUT2D eigenvalue weighted by Crippen LogP contribution is -2.59. The number of ether oxygens (including phenoxy) is 2. The largest absolute Gasteiger partial charge is 0.508 e. The van der Waals surface area contributed by atoms with Crippen molar-refractivity contribution in [3.05, 3.63) is 81.8 Å². The Hall–Kier alpha value is -4.90. The maximum Gasteiger partial charge on any atom is 0.270 e. The Morgan fingerprint density at radius 1 is 0.881 bits per heavy atom. The third kappa shape index (κ3) is 14.8. The van der Waals surface area contributed by atoms with Crippen molar-refractivity contribution in [1.82, 2.24) is 35.6 Å². The fraction of sp³-hybridized carbons (Fsp3) is 0.608. The molecule has 2 heterocycles. The van der Waals surface area contributed by atoms with E-state index in [1.165, 1.54) is 11.3 Å². The standard InChI is InChI=1S/C51H77N7O8S/c1-13-33(6)45(57(10)51(64)43(31(2)3)55-49(63)44(32(4)5)56(8)9)41(65-11)29-42(60)58-27-17-20-40(58)46(66-12)34(7)47(61)53-38(28-36-18-15-14-16-19-36)50-54-39(30-67-50)48(62)52-26-25-35-21-23-37(59)24-22-35/h14-16,18-19,21-24,30-34,38,40-41,43-46,59H,13,17,20,25-29H2,1-12H3,(H,52,62)(H,53,61)(H,55,63)/t33?,34?,38?,40-,41?,43?,44?,45?,46?/m0/s1. The minimum Gasteiger partial charge on any atom is -0.508 e. The molecule has 1 saturated heterocycles. The molecular weight excluding hydrogens is 871 g/mol. The summed E-state index contributed by atoms with van der Waals surface area (Å²) in [6.07, 6.45) is 1.81. The lowest BCUT2D eigenvalue weighted by atomic mass is 9.89. The van der Waals surface area contributed by atoms with Crippen molar-refractivity contribution >= 4 is 40.9 Å². The van der Waals surface area contributed by atoms with Gasteiger partial charge in [-0.25, -0.2) is 4.98 Å². The molecule has 0 bridgehead atoms. The van der Waals surface area contributed by atoms with Gasteiger partial charge in [0.15, 0.2) is 0 Å². The molecule has 8 unspecified atom stereocenters. The number of thiazole rings is 1. The van der Waals surface area contributed by atoms with E-state index in [-0.39, 0.29) is 65.2 Å². The molecule has 1 aliphatic heterocycles. The van der Waals surface area contributed by atoms with Crippen LogP contribution in [-0.2, 0) is 41.5 Å². The third-order valence-corrected chi connectivity index (χ3v) is 14.2. The smallest absolute Gasteiger partial charge is 0.270 e. The van der Waals surface area contributed by atoms with Crippen LogP contribution >= 0.6 is 11.3 Å². The van der Waals surface area contributed by atoms with Gasteiger partial charge in [-0.2, -0.15) is 0 Å². The van der Waals surface area contributed by atoms with Crippen molar-refractivity contribution in [3.8, 4) is 5.75 Å². The van der Waals surface area contributed by atoms with E-state index >= 15 is 0 Å². The summed E-state index contributed by atoms with van der Waals surface area (Å²) in [6, 6.07) is 14.0. The van der Waals surface area contributed by atoms with Crippen molar-refractivity contribution < 1.29 is 38.6 Å². The minimum atomic E-state index is -0.783. The van der Waals surface area contributed by atoms with Crippen molar-refractivity contribution in [1.29, 1.82) is 0 Å². The van der Waals surface area contributed by atoms with Gasteiger partial charge in [-0.3, -0.25) is 28.9 Å². The summed E-state index contributed by atoms with van der Waals surface area (Å²) in [6.45, 7) is 14.5. The molecule has 9 atom stereocenters. The number of rotatable bonds is 25. The number of likely N-dealkylation sites (tertiary alicyclic amines) is 1. The maximum atomic E-state index is 14.5. The van der Waals surface area contributed by atoms with Crippen molar-refractivity contribution in [2.75, 3.05) is 48.5 Å². The highest BCUT2D eigenvalue weighted by molar-refractivity contribution is 7.09. The Bertz CT molecular complexity index is 2040. The molecule has 0 saturated carbocycles. The number of nitrogens with zero attached hydrogens (tertiary/aromatic N) is 4. The van der Waals surface area contributed by atoms with Gasteiger partial charge in [0, 0.05) is 39.7 Å². The minimum absolute atomic E-state index is 0.00130. The Labute approximate surface area is 402 Å². The van der Waals surface area contributed by atoms with Crippen LogP contribution in [0, 0.1) is 23.7 Å². The zero-order valence-electron chi connectivity index (χ0n) is 41.8. The van der Waals surface area contributed by atoms with Crippen LogP contribution in [0.2, 0.25) is 0 Å². The molecule has 1 fully saturated rings. The number of benzene rings is 2. The number of carbonyl (C=O) groups excluding carboxylic acids is 5. The molecule has 0 spiro atoms. The third-order valence-electron chi connectivity index (χ3n) is 13.2. The van der Waals surface area contributed by atoms with Crippen LogP contribution in [0.5, 0.6) is 5.75 Å². The first kappa shape index (κ1) is 54.7. The zero-order chi connectivity index (χ0) is 49.5. The SMILES string of the molecule is CCC(C)C(C(CC(=O)N1CCC[C@H]1C(OC)C(C)C(=O)NC(Cc1ccccc1)c1nc(C(=O)NCCc2ccc(O)cc2)cs1)OC)N(C)C(=O)C(NC(=O)C(C(C)C)N(C)C)C(C)C. The second-order valence-electron chi connectivity index (χ2n) is 19.0. The summed E-state index contributed by atoms with van der Waals surface area (Å²) in [7, 11) is 8.57. The molecule has 3 aromatic rings. The lowest BCUT2D eigenvalue weighted by molar-refractivity contribution is -0.148. The number of phenolic OH excluding ortho intramolecular Hbond substituents is 1. The predicted octanol–water partition coefficient (Wildman–Crippen LogP) is 5.87. The Morgan fingerprint density at radius 3 is 2.13 bits per heavy atom. The number of hydrogen-bond donors (Lipinski definition) is 4. The van der Waals surface area contributed by atoms with Crippen molar-refractivity contribution in [2.24, 2.45) is 23.7 Å².